The Morgan fingerprint density at radius 1 is 1.29 bits per heavy atom. The summed E-state index contributed by atoms with van der Waals surface area (Å²) in [5, 5.41) is 3.45. The van der Waals surface area contributed by atoms with Crippen molar-refractivity contribution in [2.75, 3.05) is 46.9 Å². The molecule has 2 fully saturated rings. The predicted octanol–water partition coefficient (Wildman–Crippen LogP) is 0.389. The third kappa shape index (κ3) is 2.81. The average Bonchev–Trinajstić information content (AvgIpc) is 2.32. The summed E-state index contributed by atoms with van der Waals surface area (Å²) in [4.78, 5) is 5.07. The van der Waals surface area contributed by atoms with Crippen LogP contribution in [0.25, 0.3) is 0 Å². The maximum absolute atomic E-state index is 5.67. The standard InChI is InChI=1S/C13H27N3O/c1-13(2)10-16(7-6-15(13)4)12-9-17-8-5-11(12)14-3/h11-12,14H,5-10H2,1-4H3. The number of nitrogens with zero attached hydrogens (tertiary/aromatic N) is 2. The molecule has 1 N–H and O–H groups in total. The van der Waals surface area contributed by atoms with Gasteiger partial charge >= 0.3 is 0 Å². The molecule has 0 saturated carbocycles. The summed E-state index contributed by atoms with van der Waals surface area (Å²) in [6.07, 6.45) is 1.13. The van der Waals surface area contributed by atoms with Gasteiger partial charge in [-0.1, -0.05) is 0 Å². The van der Waals surface area contributed by atoms with Gasteiger partial charge in [0.15, 0.2) is 0 Å². The summed E-state index contributed by atoms with van der Waals surface area (Å²) in [6.45, 7) is 9.89. The predicted molar refractivity (Wildman–Crippen MR) is 70.4 cm³/mol. The van der Waals surface area contributed by atoms with Crippen molar-refractivity contribution in [1.82, 2.24) is 15.1 Å². The third-order valence-electron chi connectivity index (χ3n) is 4.51. The van der Waals surface area contributed by atoms with Crippen molar-refractivity contribution in [1.29, 1.82) is 0 Å². The molecular weight excluding hydrogens is 214 g/mol. The zero-order chi connectivity index (χ0) is 12.5. The molecule has 2 atom stereocenters. The zero-order valence-corrected chi connectivity index (χ0v) is 11.7. The molecule has 0 aliphatic carbocycles. The molecule has 4 nitrogen and oxygen atoms in total. The lowest BCUT2D eigenvalue weighted by atomic mass is 9.95. The average molecular weight is 241 g/mol. The van der Waals surface area contributed by atoms with E-state index in [0.717, 1.165) is 39.3 Å². The first-order valence-electron chi connectivity index (χ1n) is 6.75. The number of ether oxygens (including phenoxy) is 1. The second-order valence-electron chi connectivity index (χ2n) is 6.03. The van der Waals surface area contributed by atoms with Gasteiger partial charge in [0.1, 0.15) is 0 Å². The van der Waals surface area contributed by atoms with Crippen molar-refractivity contribution in [2.24, 2.45) is 0 Å². The molecule has 0 amide bonds. The Hall–Kier alpha value is -0.160. The van der Waals surface area contributed by atoms with Crippen molar-refractivity contribution in [3.05, 3.63) is 0 Å². The number of hydrogen-bond acceptors (Lipinski definition) is 4. The number of likely N-dealkylation sites (N-methyl/N-ethyl adjacent to an activating group) is 2. The molecular formula is C13H27N3O. The van der Waals surface area contributed by atoms with Crippen LogP contribution in [0.4, 0.5) is 0 Å². The first-order valence-corrected chi connectivity index (χ1v) is 6.75. The summed E-state index contributed by atoms with van der Waals surface area (Å²) in [5.74, 6) is 0. The van der Waals surface area contributed by atoms with Crippen LogP contribution in [0.5, 0.6) is 0 Å². The highest BCUT2D eigenvalue weighted by Gasteiger charge is 2.37. The van der Waals surface area contributed by atoms with E-state index in [0.29, 0.717) is 12.1 Å². The lowest BCUT2D eigenvalue weighted by molar-refractivity contribution is -0.0461. The van der Waals surface area contributed by atoms with Crippen LogP contribution in [-0.4, -0.2) is 74.4 Å². The molecule has 17 heavy (non-hydrogen) atoms. The fraction of sp³-hybridized carbons (Fsp3) is 1.00. The second kappa shape index (κ2) is 5.22. The van der Waals surface area contributed by atoms with Crippen LogP contribution in [0.2, 0.25) is 0 Å². The highest BCUT2D eigenvalue weighted by Crippen LogP contribution is 2.23. The Bertz CT molecular complexity index is 257. The fourth-order valence-corrected chi connectivity index (χ4v) is 2.98. The molecule has 0 bridgehead atoms. The van der Waals surface area contributed by atoms with E-state index in [1.54, 1.807) is 0 Å². The van der Waals surface area contributed by atoms with Gasteiger partial charge < -0.3 is 10.1 Å². The maximum atomic E-state index is 5.67. The van der Waals surface area contributed by atoms with Crippen LogP contribution in [-0.2, 0) is 4.74 Å². The molecule has 0 radical (unpaired) electrons. The Kier molecular flexibility index (Phi) is 4.08. The van der Waals surface area contributed by atoms with E-state index in [9.17, 15) is 0 Å². The van der Waals surface area contributed by atoms with E-state index in [1.807, 2.05) is 0 Å². The van der Waals surface area contributed by atoms with E-state index < -0.39 is 0 Å². The quantitative estimate of drug-likeness (QED) is 0.757. The summed E-state index contributed by atoms with van der Waals surface area (Å²) in [7, 11) is 4.30. The lowest BCUT2D eigenvalue weighted by Gasteiger charge is -2.50. The molecule has 2 heterocycles. The highest BCUT2D eigenvalue weighted by molar-refractivity contribution is 4.95. The van der Waals surface area contributed by atoms with Crippen LogP contribution in [0, 0.1) is 0 Å². The number of nitrogens with one attached hydrogen (secondary N) is 1. The minimum atomic E-state index is 0.272. The molecule has 0 aromatic heterocycles. The number of piperazine rings is 1. The van der Waals surface area contributed by atoms with Gasteiger partial charge in [-0.15, -0.1) is 0 Å². The van der Waals surface area contributed by atoms with Gasteiger partial charge in [-0.25, -0.2) is 0 Å². The zero-order valence-electron chi connectivity index (χ0n) is 11.7. The first kappa shape index (κ1) is 13.3. The maximum Gasteiger partial charge on any atom is 0.0637 e. The normalized spacial score (nSPS) is 36.0. The van der Waals surface area contributed by atoms with Gasteiger partial charge in [0, 0.05) is 43.9 Å². The molecule has 0 spiro atoms. The van der Waals surface area contributed by atoms with Gasteiger partial charge in [0.25, 0.3) is 0 Å². The lowest BCUT2D eigenvalue weighted by Crippen LogP contribution is -2.64. The molecule has 2 rings (SSSR count). The van der Waals surface area contributed by atoms with Crippen LogP contribution in [0.3, 0.4) is 0 Å². The minimum Gasteiger partial charge on any atom is -0.380 e. The van der Waals surface area contributed by atoms with Crippen molar-refractivity contribution in [3.8, 4) is 0 Å². The van der Waals surface area contributed by atoms with Crippen LogP contribution in [0.1, 0.15) is 20.3 Å². The molecule has 2 aliphatic rings. The smallest absolute Gasteiger partial charge is 0.0637 e. The van der Waals surface area contributed by atoms with Gasteiger partial charge in [-0.05, 0) is 34.4 Å². The number of hydrogen-bond donors (Lipinski definition) is 1. The van der Waals surface area contributed by atoms with Crippen molar-refractivity contribution >= 4 is 0 Å². The summed E-state index contributed by atoms with van der Waals surface area (Å²) < 4.78 is 5.67. The summed E-state index contributed by atoms with van der Waals surface area (Å²) >= 11 is 0. The Labute approximate surface area is 105 Å². The Morgan fingerprint density at radius 3 is 2.71 bits per heavy atom. The largest absolute Gasteiger partial charge is 0.380 e. The first-order chi connectivity index (χ1) is 8.04. The van der Waals surface area contributed by atoms with E-state index >= 15 is 0 Å². The topological polar surface area (TPSA) is 27.7 Å². The van der Waals surface area contributed by atoms with Gasteiger partial charge in [-0.3, -0.25) is 9.80 Å². The van der Waals surface area contributed by atoms with E-state index in [2.05, 4.69) is 43.1 Å². The monoisotopic (exact) mass is 241 g/mol. The van der Waals surface area contributed by atoms with Gasteiger partial charge in [0.05, 0.1) is 6.61 Å². The van der Waals surface area contributed by atoms with Crippen molar-refractivity contribution in [3.63, 3.8) is 0 Å². The van der Waals surface area contributed by atoms with Crippen molar-refractivity contribution < 1.29 is 4.74 Å². The second-order valence-corrected chi connectivity index (χ2v) is 6.03. The van der Waals surface area contributed by atoms with Crippen LogP contribution >= 0.6 is 0 Å². The van der Waals surface area contributed by atoms with E-state index in [-0.39, 0.29) is 5.54 Å². The highest BCUT2D eigenvalue weighted by atomic mass is 16.5. The van der Waals surface area contributed by atoms with E-state index in [1.165, 1.54) is 0 Å². The van der Waals surface area contributed by atoms with Crippen LogP contribution < -0.4 is 5.32 Å². The van der Waals surface area contributed by atoms with Crippen LogP contribution in [0.15, 0.2) is 0 Å². The Morgan fingerprint density at radius 2 is 2.06 bits per heavy atom. The number of rotatable bonds is 2. The fourth-order valence-electron chi connectivity index (χ4n) is 2.98. The Balaban J connectivity index is 2.01. The molecule has 2 aliphatic heterocycles. The third-order valence-corrected chi connectivity index (χ3v) is 4.51. The van der Waals surface area contributed by atoms with Crippen molar-refractivity contribution in [2.45, 2.75) is 37.9 Å². The molecule has 0 aromatic carbocycles. The molecule has 2 saturated heterocycles. The minimum absolute atomic E-state index is 0.272. The molecule has 0 aromatic rings. The van der Waals surface area contributed by atoms with Gasteiger partial charge in [-0.2, -0.15) is 0 Å². The molecule has 100 valence electrons. The summed E-state index contributed by atoms with van der Waals surface area (Å²) in [6, 6.07) is 1.13. The van der Waals surface area contributed by atoms with Gasteiger partial charge in [0.2, 0.25) is 0 Å². The SMILES string of the molecule is CNC1CCOCC1N1CCN(C)C(C)(C)C1. The summed E-state index contributed by atoms with van der Waals surface area (Å²) in [5.41, 5.74) is 0.272. The molecule has 4 heteroatoms. The van der Waals surface area contributed by atoms with E-state index in [4.69, 9.17) is 4.74 Å². The molecule has 2 unspecified atom stereocenters.